The number of sulfone groups is 1. The lowest BCUT2D eigenvalue weighted by molar-refractivity contribution is 0.577. The number of pyridine rings is 2. The molecule has 0 saturated carbocycles. The van der Waals surface area contributed by atoms with Crippen molar-refractivity contribution in [3.05, 3.63) is 70.4 Å². The molecule has 4 heterocycles. The number of fused-ring (bicyclic) bond motifs is 1. The van der Waals surface area contributed by atoms with Crippen LogP contribution in [0.4, 0.5) is 17.1 Å². The van der Waals surface area contributed by atoms with Crippen LogP contribution in [-0.2, 0) is 23.3 Å². The van der Waals surface area contributed by atoms with Crippen molar-refractivity contribution in [3.63, 3.8) is 0 Å². The number of hydrogen-bond acceptors (Lipinski definition) is 7. The Kier molecular flexibility index (Phi) is 6.06. The minimum absolute atomic E-state index is 0.161. The van der Waals surface area contributed by atoms with Crippen LogP contribution in [0.15, 0.2) is 58.4 Å². The number of aromatic amines is 1. The van der Waals surface area contributed by atoms with Gasteiger partial charge in [0.25, 0.3) is 5.56 Å². The number of rotatable bonds is 6. The molecule has 4 aromatic rings. The summed E-state index contributed by atoms with van der Waals surface area (Å²) in [5, 5.41) is 6.53. The molecule has 0 unspecified atom stereocenters. The van der Waals surface area contributed by atoms with Crippen LogP contribution in [0.3, 0.4) is 0 Å². The van der Waals surface area contributed by atoms with E-state index in [-0.39, 0.29) is 10.5 Å². The third kappa shape index (κ3) is 4.79. The molecule has 35 heavy (non-hydrogen) atoms. The van der Waals surface area contributed by atoms with Gasteiger partial charge >= 0.3 is 0 Å². The molecule has 3 aromatic heterocycles. The molecular weight excluding hydrogens is 464 g/mol. The van der Waals surface area contributed by atoms with Crippen LogP contribution >= 0.6 is 0 Å². The van der Waals surface area contributed by atoms with Crippen molar-refractivity contribution in [3.8, 4) is 0 Å². The second-order valence-corrected chi connectivity index (χ2v) is 11.0. The van der Waals surface area contributed by atoms with E-state index in [9.17, 15) is 13.2 Å². The zero-order chi connectivity index (χ0) is 24.6. The fourth-order valence-corrected chi connectivity index (χ4v) is 5.39. The van der Waals surface area contributed by atoms with Crippen LogP contribution in [0, 0.1) is 0 Å². The van der Waals surface area contributed by atoms with E-state index in [1.807, 2.05) is 12.3 Å². The van der Waals surface area contributed by atoms with Crippen molar-refractivity contribution >= 4 is 37.9 Å². The zero-order valence-corrected chi connectivity index (χ0v) is 20.6. The molecule has 0 spiro atoms. The fraction of sp³-hybridized carbons (Fsp3) is 0.320. The third-order valence-electron chi connectivity index (χ3n) is 6.31. The van der Waals surface area contributed by atoms with E-state index in [1.165, 1.54) is 23.9 Å². The highest BCUT2D eigenvalue weighted by molar-refractivity contribution is 7.90. The van der Waals surface area contributed by atoms with E-state index in [1.54, 1.807) is 37.4 Å². The number of anilines is 3. The van der Waals surface area contributed by atoms with Gasteiger partial charge < -0.3 is 10.2 Å². The molecule has 5 rings (SSSR count). The first-order valence-corrected chi connectivity index (χ1v) is 13.5. The van der Waals surface area contributed by atoms with Crippen LogP contribution in [0.5, 0.6) is 0 Å². The van der Waals surface area contributed by atoms with Gasteiger partial charge in [0.2, 0.25) is 0 Å². The molecule has 0 atom stereocenters. The van der Waals surface area contributed by atoms with Crippen molar-refractivity contribution in [2.45, 2.75) is 30.6 Å². The van der Waals surface area contributed by atoms with Crippen LogP contribution in [0.2, 0.25) is 0 Å². The van der Waals surface area contributed by atoms with Crippen molar-refractivity contribution < 1.29 is 8.42 Å². The Morgan fingerprint density at radius 3 is 2.51 bits per heavy atom. The second-order valence-electron chi connectivity index (χ2n) is 8.99. The number of H-pyrrole nitrogens is 1. The Balaban J connectivity index is 1.50. The summed E-state index contributed by atoms with van der Waals surface area (Å²) in [7, 11) is -1.84. The molecule has 9 nitrogen and oxygen atoms in total. The minimum atomic E-state index is -3.47. The SMILES string of the molecule is Cn1[nH]c2nc(Cc3ccc(N4CCCCC4)cn3)cc(Nc3ccccc3S(C)(=O)=O)c2c1=O. The Morgan fingerprint density at radius 2 is 1.80 bits per heavy atom. The van der Waals surface area contributed by atoms with E-state index in [4.69, 9.17) is 0 Å². The average molecular weight is 493 g/mol. The van der Waals surface area contributed by atoms with Gasteiger partial charge in [-0.3, -0.25) is 19.6 Å². The van der Waals surface area contributed by atoms with Gasteiger partial charge in [0.05, 0.1) is 33.8 Å². The molecule has 1 saturated heterocycles. The maximum absolute atomic E-state index is 12.8. The number of nitrogens with one attached hydrogen (secondary N) is 2. The first-order valence-electron chi connectivity index (χ1n) is 11.6. The highest BCUT2D eigenvalue weighted by atomic mass is 32.2. The monoisotopic (exact) mass is 492 g/mol. The molecule has 10 heteroatoms. The summed E-state index contributed by atoms with van der Waals surface area (Å²) in [6, 6.07) is 12.5. The summed E-state index contributed by atoms with van der Waals surface area (Å²) in [5.41, 5.74) is 3.77. The Morgan fingerprint density at radius 1 is 1.03 bits per heavy atom. The molecular formula is C25H28N6O3S. The molecule has 182 valence electrons. The number of hydrogen-bond donors (Lipinski definition) is 2. The van der Waals surface area contributed by atoms with E-state index in [0.717, 1.165) is 30.7 Å². The fourth-order valence-electron chi connectivity index (χ4n) is 4.55. The highest BCUT2D eigenvalue weighted by Crippen LogP contribution is 2.29. The van der Waals surface area contributed by atoms with E-state index >= 15 is 0 Å². The van der Waals surface area contributed by atoms with Gasteiger partial charge in [-0.1, -0.05) is 12.1 Å². The smallest absolute Gasteiger partial charge is 0.277 e. The quantitative estimate of drug-likeness (QED) is 0.424. The first-order chi connectivity index (χ1) is 16.8. The normalized spacial score (nSPS) is 14.4. The molecule has 0 amide bonds. The number of piperidine rings is 1. The van der Waals surface area contributed by atoms with E-state index < -0.39 is 9.84 Å². The van der Waals surface area contributed by atoms with Gasteiger partial charge in [0.15, 0.2) is 15.5 Å². The van der Waals surface area contributed by atoms with Crippen molar-refractivity contribution in [2.24, 2.45) is 7.05 Å². The van der Waals surface area contributed by atoms with Gasteiger partial charge in [-0.2, -0.15) is 0 Å². The van der Waals surface area contributed by atoms with E-state index in [0.29, 0.717) is 34.5 Å². The predicted molar refractivity (Wildman–Crippen MR) is 137 cm³/mol. The second kappa shape index (κ2) is 9.18. The zero-order valence-electron chi connectivity index (χ0n) is 19.8. The molecule has 0 bridgehead atoms. The topological polar surface area (TPSA) is 113 Å². The van der Waals surface area contributed by atoms with Crippen molar-refractivity contribution in [2.75, 3.05) is 29.6 Å². The van der Waals surface area contributed by atoms with Gasteiger partial charge in [-0.25, -0.2) is 13.4 Å². The Bertz CT molecular complexity index is 1530. The van der Waals surface area contributed by atoms with Crippen molar-refractivity contribution in [1.29, 1.82) is 0 Å². The summed E-state index contributed by atoms with van der Waals surface area (Å²) in [4.78, 5) is 24.6. The predicted octanol–water partition coefficient (Wildman–Crippen LogP) is 3.38. The molecule has 1 aliphatic rings. The summed E-state index contributed by atoms with van der Waals surface area (Å²) in [6.07, 6.45) is 7.23. The van der Waals surface area contributed by atoms with Crippen LogP contribution in [-0.4, -0.2) is 47.5 Å². The summed E-state index contributed by atoms with van der Waals surface area (Å²) >= 11 is 0. The maximum Gasteiger partial charge on any atom is 0.277 e. The Labute approximate surface area is 203 Å². The molecule has 0 aliphatic carbocycles. The molecule has 2 N–H and O–H groups in total. The number of nitrogens with zero attached hydrogens (tertiary/aromatic N) is 4. The molecule has 1 aliphatic heterocycles. The lowest BCUT2D eigenvalue weighted by Gasteiger charge is -2.28. The van der Waals surface area contributed by atoms with E-state index in [2.05, 4.69) is 31.3 Å². The maximum atomic E-state index is 12.8. The first kappa shape index (κ1) is 23.1. The van der Waals surface area contributed by atoms with Crippen LogP contribution in [0.1, 0.15) is 30.7 Å². The van der Waals surface area contributed by atoms with Gasteiger partial charge in [0.1, 0.15) is 5.39 Å². The summed E-state index contributed by atoms with van der Waals surface area (Å²) in [6.45, 7) is 2.12. The number of aryl methyl sites for hydroxylation is 1. The van der Waals surface area contributed by atoms with Gasteiger partial charge in [-0.05, 0) is 49.6 Å². The van der Waals surface area contributed by atoms with Crippen LogP contribution in [0.25, 0.3) is 11.0 Å². The molecule has 1 aromatic carbocycles. The average Bonchev–Trinajstić information content (AvgIpc) is 3.13. The lowest BCUT2D eigenvalue weighted by atomic mass is 10.1. The summed E-state index contributed by atoms with van der Waals surface area (Å²) in [5.74, 6) is 0. The lowest BCUT2D eigenvalue weighted by Crippen LogP contribution is -2.29. The Hall–Kier alpha value is -3.66. The van der Waals surface area contributed by atoms with Crippen LogP contribution < -0.4 is 15.8 Å². The van der Waals surface area contributed by atoms with Crippen molar-refractivity contribution in [1.82, 2.24) is 19.7 Å². The molecule has 1 fully saturated rings. The summed E-state index contributed by atoms with van der Waals surface area (Å²) < 4.78 is 25.9. The van der Waals surface area contributed by atoms with Gasteiger partial charge in [0, 0.05) is 38.5 Å². The number of benzene rings is 1. The number of para-hydroxylation sites is 1. The highest BCUT2D eigenvalue weighted by Gasteiger charge is 2.18. The number of aromatic nitrogens is 4. The third-order valence-corrected chi connectivity index (χ3v) is 7.47. The standard InChI is InChI=1S/C25H28N6O3S/c1-30-25(32)23-21(28-20-8-4-5-9-22(20)35(2,33)34)15-18(27-24(23)29-30)14-17-10-11-19(16-26-17)31-12-6-3-7-13-31/h4-5,8-11,15-16H,3,6-7,12-14H2,1-2H3,(H2,27,28,29). The molecule has 0 radical (unpaired) electrons. The van der Waals surface area contributed by atoms with Gasteiger partial charge in [-0.15, -0.1) is 0 Å². The largest absolute Gasteiger partial charge is 0.370 e. The minimum Gasteiger partial charge on any atom is -0.370 e.